The number of aromatic nitrogens is 1. The van der Waals surface area contributed by atoms with Gasteiger partial charge in [0.15, 0.2) is 11.9 Å². The Bertz CT molecular complexity index is 289. The van der Waals surface area contributed by atoms with Crippen LogP contribution in [0.3, 0.4) is 0 Å². The van der Waals surface area contributed by atoms with E-state index in [0.717, 1.165) is 6.54 Å². The minimum absolute atomic E-state index is 1.12. The predicted molar refractivity (Wildman–Crippen MR) is 56.4 cm³/mol. The van der Waals surface area contributed by atoms with Crippen LogP contribution in [0.2, 0.25) is 0 Å². The third-order valence-corrected chi connectivity index (χ3v) is 2.26. The van der Waals surface area contributed by atoms with Gasteiger partial charge in [-0.25, -0.2) is 4.57 Å². The first-order valence-electron chi connectivity index (χ1n) is 4.90. The smallest absolute Gasteiger partial charge is 0.178 e. The average molecular weight is 176 g/mol. The number of nitrogens with zero attached hydrogens (tertiary/aromatic N) is 1. The van der Waals surface area contributed by atoms with E-state index >= 15 is 0 Å². The third-order valence-electron chi connectivity index (χ3n) is 2.26. The van der Waals surface area contributed by atoms with Crippen LogP contribution in [0.15, 0.2) is 24.9 Å². The first kappa shape index (κ1) is 9.97. The molecule has 0 amide bonds. The molecule has 0 aliphatic heterocycles. The summed E-state index contributed by atoms with van der Waals surface area (Å²) in [5.41, 5.74) is 2.51. The van der Waals surface area contributed by atoms with E-state index in [9.17, 15) is 0 Å². The van der Waals surface area contributed by atoms with Crippen molar-refractivity contribution in [3.05, 3.63) is 36.2 Å². The second-order valence-corrected chi connectivity index (χ2v) is 3.35. The van der Waals surface area contributed by atoms with Gasteiger partial charge in [-0.3, -0.25) is 0 Å². The molecular weight excluding hydrogens is 158 g/mol. The number of rotatable bonds is 4. The molecule has 1 aromatic heterocycles. The van der Waals surface area contributed by atoms with Crippen molar-refractivity contribution < 1.29 is 4.57 Å². The highest BCUT2D eigenvalue weighted by Crippen LogP contribution is 2.01. The van der Waals surface area contributed by atoms with Crippen molar-refractivity contribution in [2.45, 2.75) is 33.2 Å². The standard InChI is InChI=1S/C12H18N/c1-4-6-8-13-9-7-12(5-2)10-11(13)3/h5,7,9-10H,2,4,6,8H2,1,3H3/q+1. The van der Waals surface area contributed by atoms with Gasteiger partial charge in [-0.1, -0.05) is 26.0 Å². The molecule has 0 aliphatic carbocycles. The molecule has 13 heavy (non-hydrogen) atoms. The van der Waals surface area contributed by atoms with Crippen LogP contribution in [-0.4, -0.2) is 0 Å². The Hall–Kier alpha value is -1.11. The molecule has 1 aromatic rings. The lowest BCUT2D eigenvalue weighted by Crippen LogP contribution is -2.36. The van der Waals surface area contributed by atoms with Crippen molar-refractivity contribution in [3.63, 3.8) is 0 Å². The van der Waals surface area contributed by atoms with Gasteiger partial charge >= 0.3 is 0 Å². The van der Waals surface area contributed by atoms with E-state index in [2.05, 4.69) is 43.3 Å². The normalized spacial score (nSPS) is 10.0. The molecule has 0 saturated carbocycles. The Morgan fingerprint density at radius 1 is 1.54 bits per heavy atom. The Morgan fingerprint density at radius 3 is 2.85 bits per heavy atom. The fourth-order valence-electron chi connectivity index (χ4n) is 1.37. The van der Waals surface area contributed by atoms with Gasteiger partial charge in [-0.2, -0.15) is 0 Å². The summed E-state index contributed by atoms with van der Waals surface area (Å²) in [5, 5.41) is 0. The van der Waals surface area contributed by atoms with Crippen LogP contribution in [0.25, 0.3) is 6.08 Å². The zero-order chi connectivity index (χ0) is 9.68. The molecule has 1 rings (SSSR count). The fourth-order valence-corrected chi connectivity index (χ4v) is 1.37. The average Bonchev–Trinajstić information content (AvgIpc) is 2.16. The van der Waals surface area contributed by atoms with Gasteiger partial charge in [0.1, 0.15) is 6.54 Å². The molecule has 70 valence electrons. The van der Waals surface area contributed by atoms with Crippen molar-refractivity contribution in [1.82, 2.24) is 0 Å². The SMILES string of the molecule is C=Cc1cc[n+](CCCC)c(C)c1. The summed E-state index contributed by atoms with van der Waals surface area (Å²) in [6, 6.07) is 4.28. The van der Waals surface area contributed by atoms with E-state index in [1.165, 1.54) is 24.1 Å². The largest absolute Gasteiger partial charge is 0.203 e. The van der Waals surface area contributed by atoms with Crippen LogP contribution in [0.5, 0.6) is 0 Å². The van der Waals surface area contributed by atoms with Crippen molar-refractivity contribution in [3.8, 4) is 0 Å². The molecule has 0 saturated heterocycles. The van der Waals surface area contributed by atoms with E-state index in [0.29, 0.717) is 0 Å². The summed E-state index contributed by atoms with van der Waals surface area (Å²) in [6.45, 7) is 9.24. The van der Waals surface area contributed by atoms with Gasteiger partial charge in [0.05, 0.1) is 0 Å². The number of hydrogen-bond donors (Lipinski definition) is 0. The zero-order valence-electron chi connectivity index (χ0n) is 8.59. The van der Waals surface area contributed by atoms with E-state index in [4.69, 9.17) is 0 Å². The Labute approximate surface area is 80.7 Å². The molecular formula is C12H18N+. The Balaban J connectivity index is 2.79. The highest BCUT2D eigenvalue weighted by atomic mass is 14.9. The summed E-state index contributed by atoms with van der Waals surface area (Å²) < 4.78 is 2.29. The van der Waals surface area contributed by atoms with Gasteiger partial charge in [-0.05, 0) is 5.56 Å². The lowest BCUT2D eigenvalue weighted by molar-refractivity contribution is -0.703. The molecule has 0 fully saturated rings. The molecule has 1 nitrogen and oxygen atoms in total. The monoisotopic (exact) mass is 176 g/mol. The summed E-state index contributed by atoms with van der Waals surface area (Å²) in [4.78, 5) is 0. The molecule has 0 bridgehead atoms. The third kappa shape index (κ3) is 2.69. The van der Waals surface area contributed by atoms with Crippen LogP contribution in [0.4, 0.5) is 0 Å². The second kappa shape index (κ2) is 4.80. The quantitative estimate of drug-likeness (QED) is 0.621. The maximum absolute atomic E-state index is 3.75. The number of aryl methyl sites for hydroxylation is 2. The van der Waals surface area contributed by atoms with Gasteiger partial charge < -0.3 is 0 Å². The maximum Gasteiger partial charge on any atom is 0.178 e. The van der Waals surface area contributed by atoms with Crippen molar-refractivity contribution in [1.29, 1.82) is 0 Å². The van der Waals surface area contributed by atoms with Crippen LogP contribution in [-0.2, 0) is 6.54 Å². The molecule has 1 heteroatoms. The van der Waals surface area contributed by atoms with Crippen molar-refractivity contribution in [2.75, 3.05) is 0 Å². The molecule has 0 aromatic carbocycles. The van der Waals surface area contributed by atoms with Crippen LogP contribution < -0.4 is 4.57 Å². The molecule has 0 unspecified atom stereocenters. The van der Waals surface area contributed by atoms with Gasteiger partial charge in [-0.15, -0.1) is 0 Å². The van der Waals surface area contributed by atoms with Crippen molar-refractivity contribution >= 4 is 6.08 Å². The first-order chi connectivity index (χ1) is 6.27. The summed E-state index contributed by atoms with van der Waals surface area (Å²) in [7, 11) is 0. The number of hydrogen-bond acceptors (Lipinski definition) is 0. The molecule has 0 atom stereocenters. The minimum atomic E-state index is 1.12. The highest BCUT2D eigenvalue weighted by molar-refractivity contribution is 5.45. The highest BCUT2D eigenvalue weighted by Gasteiger charge is 2.04. The predicted octanol–water partition coefficient (Wildman–Crippen LogP) is 2.73. The summed E-state index contributed by atoms with van der Waals surface area (Å²) >= 11 is 0. The van der Waals surface area contributed by atoms with Gasteiger partial charge in [0.25, 0.3) is 0 Å². The summed E-state index contributed by atoms with van der Waals surface area (Å²) in [6.07, 6.45) is 6.52. The molecule has 1 heterocycles. The second-order valence-electron chi connectivity index (χ2n) is 3.35. The fraction of sp³-hybridized carbons (Fsp3) is 0.417. The van der Waals surface area contributed by atoms with E-state index in [1.54, 1.807) is 0 Å². The van der Waals surface area contributed by atoms with E-state index < -0.39 is 0 Å². The lowest BCUT2D eigenvalue weighted by atomic mass is 10.2. The molecule has 0 radical (unpaired) electrons. The Morgan fingerprint density at radius 2 is 2.31 bits per heavy atom. The molecule has 0 spiro atoms. The van der Waals surface area contributed by atoms with Crippen LogP contribution >= 0.6 is 0 Å². The zero-order valence-corrected chi connectivity index (χ0v) is 8.59. The molecule has 0 aliphatic rings. The minimum Gasteiger partial charge on any atom is -0.203 e. The Kier molecular flexibility index (Phi) is 3.69. The van der Waals surface area contributed by atoms with E-state index in [1.807, 2.05) is 6.08 Å². The van der Waals surface area contributed by atoms with Crippen molar-refractivity contribution in [2.24, 2.45) is 0 Å². The van der Waals surface area contributed by atoms with E-state index in [-0.39, 0.29) is 0 Å². The molecule has 0 N–H and O–H groups in total. The number of pyridine rings is 1. The van der Waals surface area contributed by atoms with Crippen LogP contribution in [0.1, 0.15) is 31.0 Å². The number of unbranched alkanes of at least 4 members (excludes halogenated alkanes) is 1. The van der Waals surface area contributed by atoms with Gasteiger partial charge in [0, 0.05) is 25.5 Å². The first-order valence-corrected chi connectivity index (χ1v) is 4.90. The topological polar surface area (TPSA) is 3.88 Å². The van der Waals surface area contributed by atoms with Crippen LogP contribution in [0, 0.1) is 6.92 Å². The lowest BCUT2D eigenvalue weighted by Gasteiger charge is -2.00. The van der Waals surface area contributed by atoms with Gasteiger partial charge in [0.2, 0.25) is 0 Å². The summed E-state index contributed by atoms with van der Waals surface area (Å²) in [5.74, 6) is 0. The maximum atomic E-state index is 3.75.